The molecule has 21 heavy (non-hydrogen) atoms. The first kappa shape index (κ1) is 14.3. The van der Waals surface area contributed by atoms with Gasteiger partial charge in [-0.3, -0.25) is 0 Å². The molecule has 3 rings (SSSR count). The Hall–Kier alpha value is -1.60. The quantitative estimate of drug-likeness (QED) is 0.771. The van der Waals surface area contributed by atoms with Crippen molar-refractivity contribution in [2.75, 3.05) is 0 Å². The molecular formula is C20H25N. The third-order valence-electron chi connectivity index (χ3n) is 4.48. The zero-order valence-electron chi connectivity index (χ0n) is 12.8. The molecule has 3 unspecified atom stereocenters. The van der Waals surface area contributed by atoms with Crippen molar-refractivity contribution in [2.45, 2.75) is 44.7 Å². The van der Waals surface area contributed by atoms with Crippen molar-refractivity contribution in [3.63, 3.8) is 0 Å². The van der Waals surface area contributed by atoms with Crippen LogP contribution >= 0.6 is 0 Å². The highest BCUT2D eigenvalue weighted by Gasteiger charge is 2.37. The number of hydrogen-bond acceptors (Lipinski definition) is 1. The fourth-order valence-corrected chi connectivity index (χ4v) is 3.21. The molecule has 1 nitrogen and oxygen atoms in total. The Morgan fingerprint density at radius 3 is 2.33 bits per heavy atom. The van der Waals surface area contributed by atoms with Crippen LogP contribution in [0.25, 0.3) is 0 Å². The Bertz CT molecular complexity index is 534. The number of nitrogens with one attached hydrogen (secondary N) is 1. The monoisotopic (exact) mass is 279 g/mol. The lowest BCUT2D eigenvalue weighted by molar-refractivity contribution is 0.498. The van der Waals surface area contributed by atoms with E-state index in [0.717, 1.165) is 18.4 Å². The molecule has 1 heteroatoms. The van der Waals surface area contributed by atoms with Gasteiger partial charge in [-0.25, -0.2) is 0 Å². The van der Waals surface area contributed by atoms with Gasteiger partial charge in [-0.1, -0.05) is 74.0 Å². The van der Waals surface area contributed by atoms with Gasteiger partial charge in [0.2, 0.25) is 0 Å². The lowest BCUT2D eigenvalue weighted by atomic mass is 9.98. The van der Waals surface area contributed by atoms with Crippen molar-refractivity contribution in [2.24, 2.45) is 5.92 Å². The Kier molecular flexibility index (Phi) is 4.72. The largest absolute Gasteiger partial charge is 0.307 e. The van der Waals surface area contributed by atoms with Crippen LogP contribution in [0.3, 0.4) is 0 Å². The summed E-state index contributed by atoms with van der Waals surface area (Å²) in [6.07, 6.45) is 5.09. The fraction of sp³-hybridized carbons (Fsp3) is 0.400. The summed E-state index contributed by atoms with van der Waals surface area (Å²) in [5.41, 5.74) is 2.81. The highest BCUT2D eigenvalue weighted by Crippen LogP contribution is 2.37. The SMILES string of the molecule is CCCC1CC1NC(Cc1ccccc1)c1ccccc1. The molecule has 2 aromatic carbocycles. The summed E-state index contributed by atoms with van der Waals surface area (Å²) in [7, 11) is 0. The summed E-state index contributed by atoms with van der Waals surface area (Å²) < 4.78 is 0. The minimum absolute atomic E-state index is 0.431. The van der Waals surface area contributed by atoms with Crippen LogP contribution < -0.4 is 5.32 Å². The molecule has 1 aliphatic carbocycles. The van der Waals surface area contributed by atoms with Gasteiger partial charge in [0.1, 0.15) is 0 Å². The van der Waals surface area contributed by atoms with Gasteiger partial charge in [0, 0.05) is 12.1 Å². The van der Waals surface area contributed by atoms with Gasteiger partial charge in [0.25, 0.3) is 0 Å². The predicted molar refractivity (Wildman–Crippen MR) is 89.3 cm³/mol. The lowest BCUT2D eigenvalue weighted by Crippen LogP contribution is -2.26. The van der Waals surface area contributed by atoms with Crippen molar-refractivity contribution >= 4 is 0 Å². The molecule has 3 atom stereocenters. The maximum absolute atomic E-state index is 3.89. The Morgan fingerprint density at radius 2 is 1.67 bits per heavy atom. The molecule has 0 heterocycles. The number of benzene rings is 2. The Labute approximate surface area is 128 Å². The van der Waals surface area contributed by atoms with Crippen LogP contribution in [-0.4, -0.2) is 6.04 Å². The van der Waals surface area contributed by atoms with Crippen LogP contribution in [0.5, 0.6) is 0 Å². The first-order valence-corrected chi connectivity index (χ1v) is 8.21. The summed E-state index contributed by atoms with van der Waals surface area (Å²) in [6, 6.07) is 22.9. The zero-order valence-corrected chi connectivity index (χ0v) is 12.8. The third kappa shape index (κ3) is 3.95. The minimum Gasteiger partial charge on any atom is -0.307 e. The van der Waals surface area contributed by atoms with Crippen molar-refractivity contribution in [1.29, 1.82) is 0 Å². The fourth-order valence-electron chi connectivity index (χ4n) is 3.21. The average molecular weight is 279 g/mol. The molecule has 1 fully saturated rings. The van der Waals surface area contributed by atoms with Crippen LogP contribution in [0.4, 0.5) is 0 Å². The van der Waals surface area contributed by atoms with Crippen molar-refractivity contribution < 1.29 is 0 Å². The Balaban J connectivity index is 1.70. The molecule has 110 valence electrons. The van der Waals surface area contributed by atoms with E-state index in [2.05, 4.69) is 72.9 Å². The van der Waals surface area contributed by atoms with Gasteiger partial charge < -0.3 is 5.32 Å². The summed E-state index contributed by atoms with van der Waals surface area (Å²) >= 11 is 0. The molecule has 0 aromatic heterocycles. The highest BCUT2D eigenvalue weighted by molar-refractivity contribution is 5.24. The molecule has 1 N–H and O–H groups in total. The van der Waals surface area contributed by atoms with Gasteiger partial charge in [0.15, 0.2) is 0 Å². The summed E-state index contributed by atoms with van der Waals surface area (Å²) in [6.45, 7) is 2.29. The van der Waals surface area contributed by atoms with E-state index in [4.69, 9.17) is 0 Å². The van der Waals surface area contributed by atoms with E-state index in [1.165, 1.54) is 30.4 Å². The molecule has 0 amide bonds. The molecule has 1 saturated carbocycles. The average Bonchev–Trinajstić information content (AvgIpc) is 3.27. The molecule has 2 aromatic rings. The standard InChI is InChI=1S/C20H25N/c1-2-9-18-15-20(18)21-19(17-12-7-4-8-13-17)14-16-10-5-3-6-11-16/h3-8,10-13,18-21H,2,9,14-15H2,1H3. The normalized spacial score (nSPS) is 22.0. The lowest BCUT2D eigenvalue weighted by Gasteiger charge is -2.20. The molecule has 0 bridgehead atoms. The van der Waals surface area contributed by atoms with Gasteiger partial charge in [-0.2, -0.15) is 0 Å². The summed E-state index contributed by atoms with van der Waals surface area (Å²) in [5.74, 6) is 0.900. The van der Waals surface area contributed by atoms with Crippen molar-refractivity contribution in [1.82, 2.24) is 5.32 Å². The van der Waals surface area contributed by atoms with Gasteiger partial charge in [-0.15, -0.1) is 0 Å². The first-order valence-electron chi connectivity index (χ1n) is 8.21. The second kappa shape index (κ2) is 6.91. The molecular weight excluding hydrogens is 254 g/mol. The van der Waals surface area contributed by atoms with E-state index < -0.39 is 0 Å². The second-order valence-corrected chi connectivity index (χ2v) is 6.21. The summed E-state index contributed by atoms with van der Waals surface area (Å²) in [5, 5.41) is 3.89. The Morgan fingerprint density at radius 1 is 1.00 bits per heavy atom. The molecule has 0 aliphatic heterocycles. The van der Waals surface area contributed by atoms with E-state index in [9.17, 15) is 0 Å². The van der Waals surface area contributed by atoms with Gasteiger partial charge in [-0.05, 0) is 36.3 Å². The van der Waals surface area contributed by atoms with E-state index >= 15 is 0 Å². The topological polar surface area (TPSA) is 12.0 Å². The van der Waals surface area contributed by atoms with E-state index in [1.54, 1.807) is 0 Å². The van der Waals surface area contributed by atoms with E-state index in [0.29, 0.717) is 6.04 Å². The third-order valence-corrected chi connectivity index (χ3v) is 4.48. The zero-order chi connectivity index (χ0) is 14.5. The van der Waals surface area contributed by atoms with Gasteiger partial charge in [0.05, 0.1) is 0 Å². The number of rotatable bonds is 7. The molecule has 0 spiro atoms. The molecule has 0 saturated heterocycles. The van der Waals surface area contributed by atoms with Crippen molar-refractivity contribution in [3.05, 3.63) is 71.8 Å². The van der Waals surface area contributed by atoms with Crippen LogP contribution in [0.1, 0.15) is 43.4 Å². The van der Waals surface area contributed by atoms with E-state index in [1.807, 2.05) is 0 Å². The van der Waals surface area contributed by atoms with Crippen LogP contribution in [0, 0.1) is 5.92 Å². The first-order chi connectivity index (χ1) is 10.4. The van der Waals surface area contributed by atoms with Gasteiger partial charge >= 0.3 is 0 Å². The predicted octanol–water partition coefficient (Wildman–Crippen LogP) is 4.75. The maximum atomic E-state index is 3.89. The van der Waals surface area contributed by atoms with Crippen LogP contribution in [0.15, 0.2) is 60.7 Å². The highest BCUT2D eigenvalue weighted by atomic mass is 15.0. The van der Waals surface area contributed by atoms with Crippen LogP contribution in [-0.2, 0) is 6.42 Å². The second-order valence-electron chi connectivity index (χ2n) is 6.21. The van der Waals surface area contributed by atoms with Crippen LogP contribution in [0.2, 0.25) is 0 Å². The van der Waals surface area contributed by atoms with Crippen molar-refractivity contribution in [3.8, 4) is 0 Å². The molecule has 1 aliphatic rings. The number of hydrogen-bond donors (Lipinski definition) is 1. The molecule has 0 radical (unpaired) electrons. The minimum atomic E-state index is 0.431. The summed E-state index contributed by atoms with van der Waals surface area (Å²) in [4.78, 5) is 0. The smallest absolute Gasteiger partial charge is 0.0363 e. The maximum Gasteiger partial charge on any atom is 0.0363 e. The van der Waals surface area contributed by atoms with E-state index in [-0.39, 0.29) is 0 Å².